The van der Waals surface area contributed by atoms with Crippen molar-refractivity contribution in [3.63, 3.8) is 0 Å². The zero-order valence-electron chi connectivity index (χ0n) is 12.3. The lowest BCUT2D eigenvalue weighted by Gasteiger charge is -2.04. The maximum atomic E-state index is 12.2. The third-order valence-corrected chi connectivity index (χ3v) is 4.28. The molecule has 3 rings (SSSR count). The number of amides is 1. The van der Waals surface area contributed by atoms with Gasteiger partial charge in [-0.3, -0.25) is 4.79 Å². The van der Waals surface area contributed by atoms with Gasteiger partial charge in [0, 0.05) is 16.5 Å². The fraction of sp³-hybridized carbons (Fsp3) is 0.222. The van der Waals surface area contributed by atoms with Crippen LogP contribution in [-0.2, 0) is 4.79 Å². The minimum absolute atomic E-state index is 0.0187. The van der Waals surface area contributed by atoms with Gasteiger partial charge in [-0.05, 0) is 30.9 Å². The maximum Gasteiger partial charge on any atom is 0.243 e. The number of carbonyl (C=O) groups excluding carboxylic acids is 1. The van der Waals surface area contributed by atoms with E-state index in [4.69, 9.17) is 11.6 Å². The number of benzene rings is 2. The van der Waals surface area contributed by atoms with Crippen LogP contribution in [0.15, 0.2) is 59.7 Å². The number of carbonyl (C=O) groups is 1. The highest BCUT2D eigenvalue weighted by atomic mass is 35.5. The first-order chi connectivity index (χ1) is 10.7. The monoisotopic (exact) mass is 312 g/mol. The van der Waals surface area contributed by atoms with E-state index in [2.05, 4.69) is 22.7 Å². The Morgan fingerprint density at radius 2 is 1.82 bits per heavy atom. The zero-order valence-corrected chi connectivity index (χ0v) is 13.0. The molecule has 2 unspecified atom stereocenters. The lowest BCUT2D eigenvalue weighted by atomic mass is 10.1. The van der Waals surface area contributed by atoms with Crippen LogP contribution < -0.4 is 5.43 Å². The van der Waals surface area contributed by atoms with E-state index in [0.29, 0.717) is 16.7 Å². The molecule has 22 heavy (non-hydrogen) atoms. The summed E-state index contributed by atoms with van der Waals surface area (Å²) in [5, 5.41) is 4.81. The van der Waals surface area contributed by atoms with Gasteiger partial charge in [-0.2, -0.15) is 5.10 Å². The molecule has 1 N–H and O–H groups in total. The average Bonchev–Trinajstić information content (AvgIpc) is 3.34. The molecule has 1 aliphatic rings. The standard InChI is InChI=1S/C18H17ClN2O/c1-12(14-9-5-6-10-17(14)19)20-21-18(22)16-11-15(16)13-7-3-2-4-8-13/h2-10,15-16H,11H2,1H3,(H,21,22)/b20-12+. The van der Waals surface area contributed by atoms with E-state index >= 15 is 0 Å². The van der Waals surface area contributed by atoms with E-state index in [1.54, 1.807) is 0 Å². The van der Waals surface area contributed by atoms with Crippen molar-refractivity contribution in [2.45, 2.75) is 19.3 Å². The van der Waals surface area contributed by atoms with Crippen molar-refractivity contribution in [1.82, 2.24) is 5.43 Å². The van der Waals surface area contributed by atoms with Crippen molar-refractivity contribution in [2.75, 3.05) is 0 Å². The van der Waals surface area contributed by atoms with Crippen LogP contribution in [0.25, 0.3) is 0 Å². The molecule has 112 valence electrons. The van der Waals surface area contributed by atoms with Crippen LogP contribution in [0.5, 0.6) is 0 Å². The summed E-state index contributed by atoms with van der Waals surface area (Å²) in [5.74, 6) is 0.308. The second kappa shape index (κ2) is 6.32. The van der Waals surface area contributed by atoms with Crippen LogP contribution >= 0.6 is 11.6 Å². The number of rotatable bonds is 4. The summed E-state index contributed by atoms with van der Waals surface area (Å²) in [6, 6.07) is 17.6. The molecule has 2 aromatic rings. The van der Waals surface area contributed by atoms with Crippen molar-refractivity contribution in [3.05, 3.63) is 70.7 Å². The third kappa shape index (κ3) is 3.20. The first-order valence-electron chi connectivity index (χ1n) is 7.31. The molecule has 0 bridgehead atoms. The van der Waals surface area contributed by atoms with Crippen LogP contribution in [0.3, 0.4) is 0 Å². The highest BCUT2D eigenvalue weighted by Crippen LogP contribution is 2.47. The van der Waals surface area contributed by atoms with Gasteiger partial charge in [0.1, 0.15) is 0 Å². The van der Waals surface area contributed by atoms with E-state index in [-0.39, 0.29) is 11.8 Å². The summed E-state index contributed by atoms with van der Waals surface area (Å²) in [5.41, 5.74) is 5.42. The molecule has 0 aromatic heterocycles. The van der Waals surface area contributed by atoms with E-state index in [1.807, 2.05) is 49.4 Å². The van der Waals surface area contributed by atoms with Gasteiger partial charge < -0.3 is 0 Å². The molecule has 2 atom stereocenters. The summed E-state index contributed by atoms with van der Waals surface area (Å²) in [7, 11) is 0. The Hall–Kier alpha value is -2.13. The molecule has 3 nitrogen and oxygen atoms in total. The Morgan fingerprint density at radius 1 is 1.14 bits per heavy atom. The van der Waals surface area contributed by atoms with E-state index in [1.165, 1.54) is 5.56 Å². The number of nitrogens with zero attached hydrogens (tertiary/aromatic N) is 1. The molecule has 0 saturated heterocycles. The first kappa shape index (κ1) is 14.8. The van der Waals surface area contributed by atoms with Crippen LogP contribution in [-0.4, -0.2) is 11.6 Å². The molecule has 1 fully saturated rings. The molecule has 1 aliphatic carbocycles. The summed E-state index contributed by atoms with van der Waals surface area (Å²) in [6.07, 6.45) is 0.885. The van der Waals surface area contributed by atoms with Crippen LogP contribution in [0.4, 0.5) is 0 Å². The molecule has 4 heteroatoms. The number of nitrogens with one attached hydrogen (secondary N) is 1. The minimum Gasteiger partial charge on any atom is -0.273 e. The second-order valence-electron chi connectivity index (χ2n) is 5.51. The van der Waals surface area contributed by atoms with Crippen molar-refractivity contribution < 1.29 is 4.79 Å². The highest BCUT2D eigenvalue weighted by Gasteiger charge is 2.43. The van der Waals surface area contributed by atoms with Crippen LogP contribution in [0, 0.1) is 5.92 Å². The smallest absolute Gasteiger partial charge is 0.243 e. The van der Waals surface area contributed by atoms with Gasteiger partial charge in [0.05, 0.1) is 5.71 Å². The third-order valence-electron chi connectivity index (χ3n) is 3.95. The van der Waals surface area contributed by atoms with Gasteiger partial charge >= 0.3 is 0 Å². The Balaban J connectivity index is 1.62. The predicted molar refractivity (Wildman–Crippen MR) is 89.1 cm³/mol. The number of hydrazone groups is 1. The Labute approximate surface area is 135 Å². The van der Waals surface area contributed by atoms with Gasteiger partial charge in [0.25, 0.3) is 0 Å². The van der Waals surface area contributed by atoms with E-state index in [9.17, 15) is 4.79 Å². The summed E-state index contributed by atoms with van der Waals surface area (Å²) < 4.78 is 0. The van der Waals surface area contributed by atoms with Crippen molar-refractivity contribution in [1.29, 1.82) is 0 Å². The predicted octanol–water partition coefficient (Wildman–Crippen LogP) is 3.98. The highest BCUT2D eigenvalue weighted by molar-refractivity contribution is 6.34. The van der Waals surface area contributed by atoms with Gasteiger partial charge in [-0.1, -0.05) is 60.1 Å². The second-order valence-corrected chi connectivity index (χ2v) is 5.92. The molecule has 1 saturated carbocycles. The average molecular weight is 313 g/mol. The summed E-state index contributed by atoms with van der Waals surface area (Å²) in [4.78, 5) is 12.2. The topological polar surface area (TPSA) is 41.5 Å². The quantitative estimate of drug-likeness (QED) is 0.673. The summed E-state index contributed by atoms with van der Waals surface area (Å²) in [6.45, 7) is 1.84. The Kier molecular flexibility index (Phi) is 4.25. The van der Waals surface area contributed by atoms with Gasteiger partial charge in [0.15, 0.2) is 0 Å². The SMILES string of the molecule is C/C(=N\NC(=O)C1CC1c1ccccc1)c1ccccc1Cl. The lowest BCUT2D eigenvalue weighted by Crippen LogP contribution is -2.21. The van der Waals surface area contributed by atoms with E-state index < -0.39 is 0 Å². The largest absolute Gasteiger partial charge is 0.273 e. The van der Waals surface area contributed by atoms with Crippen molar-refractivity contribution in [2.24, 2.45) is 11.0 Å². The van der Waals surface area contributed by atoms with Gasteiger partial charge in [-0.25, -0.2) is 5.43 Å². The fourth-order valence-electron chi connectivity index (χ4n) is 2.59. The Bertz CT molecular complexity index is 712. The summed E-state index contributed by atoms with van der Waals surface area (Å²) >= 11 is 6.12. The Morgan fingerprint density at radius 3 is 2.55 bits per heavy atom. The molecule has 0 spiro atoms. The van der Waals surface area contributed by atoms with Gasteiger partial charge in [-0.15, -0.1) is 0 Å². The molecular formula is C18H17ClN2O. The molecule has 2 aromatic carbocycles. The molecule has 0 aliphatic heterocycles. The maximum absolute atomic E-state index is 12.2. The number of halogens is 1. The normalized spacial score (nSPS) is 20.5. The molecular weight excluding hydrogens is 296 g/mol. The molecule has 1 amide bonds. The van der Waals surface area contributed by atoms with Gasteiger partial charge in [0.2, 0.25) is 5.91 Å². The van der Waals surface area contributed by atoms with Crippen LogP contribution in [0.1, 0.15) is 30.4 Å². The van der Waals surface area contributed by atoms with Crippen molar-refractivity contribution >= 4 is 23.2 Å². The van der Waals surface area contributed by atoms with E-state index in [0.717, 1.165) is 12.0 Å². The van der Waals surface area contributed by atoms with Crippen LogP contribution in [0.2, 0.25) is 5.02 Å². The van der Waals surface area contributed by atoms with Crippen molar-refractivity contribution in [3.8, 4) is 0 Å². The molecule has 0 radical (unpaired) electrons. The molecule has 0 heterocycles. The first-order valence-corrected chi connectivity index (χ1v) is 7.68. The fourth-order valence-corrected chi connectivity index (χ4v) is 2.86. The number of hydrogen-bond acceptors (Lipinski definition) is 2. The number of hydrogen-bond donors (Lipinski definition) is 1. The zero-order chi connectivity index (χ0) is 15.5. The minimum atomic E-state index is -0.0275. The lowest BCUT2D eigenvalue weighted by molar-refractivity contribution is -0.122.